The number of aliphatic hydroxyl groups excluding tert-OH is 1. The van der Waals surface area contributed by atoms with Crippen molar-refractivity contribution in [2.45, 2.75) is 97.2 Å². The van der Waals surface area contributed by atoms with Gasteiger partial charge in [0, 0.05) is 56.9 Å². The summed E-state index contributed by atoms with van der Waals surface area (Å²) in [4.78, 5) is 49.7. The fraction of sp³-hybridized carbons (Fsp3) is 0.561. The number of amides is 4. The summed E-state index contributed by atoms with van der Waals surface area (Å²) in [6.07, 6.45) is 1.76. The van der Waals surface area contributed by atoms with Crippen LogP contribution in [0.4, 0.5) is 22.8 Å². The van der Waals surface area contributed by atoms with Gasteiger partial charge in [-0.2, -0.15) is 0 Å². The average Bonchev–Trinajstić information content (AvgIpc) is 3.73. The molecule has 2 fully saturated rings. The molecule has 2 aromatic carbocycles. The molecule has 1 aromatic heterocycles. The van der Waals surface area contributed by atoms with Crippen molar-refractivity contribution in [1.82, 2.24) is 29.6 Å². The molecule has 2 N–H and O–H groups in total. The van der Waals surface area contributed by atoms with E-state index in [4.69, 9.17) is 9.72 Å². The maximum atomic E-state index is 15.9. The number of alkyl halides is 1. The number of piperidine rings is 1. The SMILES string of the molecule is CCCCCNC(=O)N1CCC(C(c2nc(-c3cc(F)ccc3F)cn2Cc2ccccc2)N(CC2CN(C(=O)OC(C)(C)C)CC2F)C(=O)C(C)O)CC1. The maximum Gasteiger partial charge on any atom is 0.410 e. The van der Waals surface area contributed by atoms with Gasteiger partial charge in [0.2, 0.25) is 0 Å². The second-order valence-electron chi connectivity index (χ2n) is 15.8. The van der Waals surface area contributed by atoms with Gasteiger partial charge < -0.3 is 34.4 Å². The fourth-order valence-corrected chi connectivity index (χ4v) is 7.41. The lowest BCUT2D eigenvalue weighted by Gasteiger charge is -2.42. The number of ether oxygens (including phenoxy) is 1. The Morgan fingerprint density at radius 1 is 1.04 bits per heavy atom. The number of nitrogens with one attached hydrogen (secondary N) is 1. The first-order valence-electron chi connectivity index (χ1n) is 19.3. The van der Waals surface area contributed by atoms with Crippen LogP contribution in [0.1, 0.15) is 84.2 Å². The summed E-state index contributed by atoms with van der Waals surface area (Å²) in [5.41, 5.74) is 0.154. The predicted octanol–water partition coefficient (Wildman–Crippen LogP) is 6.94. The molecule has 3 heterocycles. The van der Waals surface area contributed by atoms with Crippen molar-refractivity contribution in [3.63, 3.8) is 0 Å². The Hall–Kier alpha value is -4.59. The van der Waals surface area contributed by atoms with Gasteiger partial charge in [0.25, 0.3) is 5.91 Å². The van der Waals surface area contributed by atoms with Crippen LogP contribution in [-0.4, -0.2) is 105 Å². The number of benzene rings is 2. The number of unbranched alkanes of at least 4 members (excludes halogenated alkanes) is 2. The molecule has 0 radical (unpaired) electrons. The lowest BCUT2D eigenvalue weighted by Crippen LogP contribution is -2.51. The molecule has 11 nitrogen and oxygen atoms in total. The number of nitrogens with zero attached hydrogens (tertiary/aromatic N) is 5. The van der Waals surface area contributed by atoms with Crippen LogP contribution >= 0.6 is 0 Å². The van der Waals surface area contributed by atoms with E-state index < -0.39 is 53.5 Å². The highest BCUT2D eigenvalue weighted by Gasteiger charge is 2.44. The highest BCUT2D eigenvalue weighted by molar-refractivity contribution is 5.81. The zero-order chi connectivity index (χ0) is 39.9. The van der Waals surface area contributed by atoms with Crippen LogP contribution in [0, 0.1) is 23.5 Å². The van der Waals surface area contributed by atoms with Gasteiger partial charge >= 0.3 is 12.1 Å². The summed E-state index contributed by atoms with van der Waals surface area (Å²) in [5, 5.41) is 13.8. The summed E-state index contributed by atoms with van der Waals surface area (Å²) in [6.45, 7) is 9.74. The molecule has 300 valence electrons. The van der Waals surface area contributed by atoms with E-state index in [1.165, 1.54) is 16.7 Å². The molecule has 0 aliphatic carbocycles. The van der Waals surface area contributed by atoms with Crippen LogP contribution in [0.5, 0.6) is 0 Å². The maximum absolute atomic E-state index is 15.9. The molecule has 0 saturated carbocycles. The number of imidazole rings is 1. The molecule has 2 saturated heterocycles. The lowest BCUT2D eigenvalue weighted by molar-refractivity contribution is -0.145. The standard InChI is InChI=1S/C41H55F3N6O5/c1-6-7-11-18-45-39(53)47-19-16-29(17-20-47)36(50(38(52)27(2)51)24-30-23-49(25-34(30)44)40(54)55-41(3,4)5)37-46-35(32-21-31(42)14-15-33(32)43)26-48(37)22-28-12-9-8-10-13-28/h8-10,12-15,21,26-27,29-30,34,36,51H,6-7,11,16-20,22-25H2,1-5H3,(H,45,53). The quantitative estimate of drug-likeness (QED) is 0.182. The molecule has 4 atom stereocenters. The van der Waals surface area contributed by atoms with Crippen LogP contribution in [0.3, 0.4) is 0 Å². The summed E-state index contributed by atoms with van der Waals surface area (Å²) >= 11 is 0. The van der Waals surface area contributed by atoms with E-state index in [0.717, 1.165) is 43.0 Å². The van der Waals surface area contributed by atoms with Gasteiger partial charge in [-0.1, -0.05) is 50.1 Å². The summed E-state index contributed by atoms with van der Waals surface area (Å²) < 4.78 is 53.1. The van der Waals surface area contributed by atoms with Gasteiger partial charge in [0.15, 0.2) is 0 Å². The summed E-state index contributed by atoms with van der Waals surface area (Å²) in [6, 6.07) is 11.5. The highest BCUT2D eigenvalue weighted by atomic mass is 19.1. The predicted molar refractivity (Wildman–Crippen MR) is 203 cm³/mol. The first-order valence-corrected chi connectivity index (χ1v) is 19.3. The van der Waals surface area contributed by atoms with Crippen molar-refractivity contribution >= 4 is 18.0 Å². The number of hydrogen-bond acceptors (Lipinski definition) is 6. The van der Waals surface area contributed by atoms with E-state index in [9.17, 15) is 23.9 Å². The van der Waals surface area contributed by atoms with E-state index in [1.807, 2.05) is 30.3 Å². The number of aromatic nitrogens is 2. The highest BCUT2D eigenvalue weighted by Crippen LogP contribution is 2.39. The average molecular weight is 769 g/mol. The van der Waals surface area contributed by atoms with E-state index >= 15 is 8.78 Å². The zero-order valence-electron chi connectivity index (χ0n) is 32.5. The third-order valence-corrected chi connectivity index (χ3v) is 10.2. The molecular weight excluding hydrogens is 713 g/mol. The van der Waals surface area contributed by atoms with Crippen molar-refractivity contribution in [3.8, 4) is 11.3 Å². The number of halogens is 3. The Labute approximate surface area is 321 Å². The van der Waals surface area contributed by atoms with Crippen molar-refractivity contribution < 1.29 is 37.4 Å². The normalized spacial score (nSPS) is 18.9. The number of aliphatic hydroxyl groups is 1. The number of carbonyl (C=O) groups is 3. The zero-order valence-corrected chi connectivity index (χ0v) is 32.5. The molecule has 0 bridgehead atoms. The second kappa shape index (κ2) is 18.4. The number of carbonyl (C=O) groups excluding carboxylic acids is 3. The van der Waals surface area contributed by atoms with Crippen molar-refractivity contribution in [1.29, 1.82) is 0 Å². The molecular formula is C41H55F3N6O5. The summed E-state index contributed by atoms with van der Waals surface area (Å²) in [7, 11) is 0. The van der Waals surface area contributed by atoms with Gasteiger partial charge in [0.1, 0.15) is 35.3 Å². The fourth-order valence-electron chi connectivity index (χ4n) is 7.41. The van der Waals surface area contributed by atoms with E-state index in [2.05, 4.69) is 12.2 Å². The first kappa shape index (κ1) is 41.6. The van der Waals surface area contributed by atoms with Crippen LogP contribution in [-0.2, 0) is 16.1 Å². The third-order valence-electron chi connectivity index (χ3n) is 10.2. The minimum absolute atomic E-state index is 0.0265. The molecule has 3 aromatic rings. The Kier molecular flexibility index (Phi) is 13.9. The van der Waals surface area contributed by atoms with E-state index in [0.29, 0.717) is 38.3 Å². The smallest absolute Gasteiger partial charge is 0.410 e. The Morgan fingerprint density at radius 3 is 2.40 bits per heavy atom. The molecule has 2 aliphatic rings. The first-order chi connectivity index (χ1) is 26.1. The number of rotatable bonds is 13. The van der Waals surface area contributed by atoms with Crippen molar-refractivity contribution in [3.05, 3.63) is 77.8 Å². The molecule has 4 unspecified atom stereocenters. The molecule has 4 amide bonds. The Bertz CT molecular complexity index is 1760. The topological polar surface area (TPSA) is 120 Å². The van der Waals surface area contributed by atoms with E-state index in [1.54, 1.807) is 36.4 Å². The molecule has 14 heteroatoms. The van der Waals surface area contributed by atoms with Crippen LogP contribution in [0.15, 0.2) is 54.7 Å². The van der Waals surface area contributed by atoms with Gasteiger partial charge in [-0.05, 0) is 76.6 Å². The molecule has 2 aliphatic heterocycles. The minimum atomic E-state index is -1.50. The molecule has 55 heavy (non-hydrogen) atoms. The largest absolute Gasteiger partial charge is 0.444 e. The van der Waals surface area contributed by atoms with E-state index in [-0.39, 0.29) is 49.4 Å². The van der Waals surface area contributed by atoms with Gasteiger partial charge in [-0.3, -0.25) is 4.79 Å². The van der Waals surface area contributed by atoms with Crippen LogP contribution < -0.4 is 5.32 Å². The lowest BCUT2D eigenvalue weighted by atomic mass is 9.86. The Morgan fingerprint density at radius 2 is 1.75 bits per heavy atom. The Balaban J connectivity index is 1.56. The third kappa shape index (κ3) is 10.8. The molecule has 5 rings (SSSR count). The van der Waals surface area contributed by atoms with Crippen LogP contribution in [0.2, 0.25) is 0 Å². The minimum Gasteiger partial charge on any atom is -0.444 e. The van der Waals surface area contributed by atoms with Gasteiger partial charge in [-0.15, -0.1) is 0 Å². The van der Waals surface area contributed by atoms with Crippen molar-refractivity contribution in [2.75, 3.05) is 39.3 Å². The molecule has 0 spiro atoms. The van der Waals surface area contributed by atoms with Gasteiger partial charge in [0.05, 0.1) is 18.3 Å². The number of hydrogen-bond donors (Lipinski definition) is 2. The number of likely N-dealkylation sites (tertiary alicyclic amines) is 2. The summed E-state index contributed by atoms with van der Waals surface area (Å²) in [5.74, 6) is -2.83. The van der Waals surface area contributed by atoms with Crippen LogP contribution in [0.25, 0.3) is 11.3 Å². The monoisotopic (exact) mass is 768 g/mol. The number of urea groups is 1. The van der Waals surface area contributed by atoms with Crippen molar-refractivity contribution in [2.24, 2.45) is 11.8 Å². The second-order valence-corrected chi connectivity index (χ2v) is 15.8. The van der Waals surface area contributed by atoms with Gasteiger partial charge in [-0.25, -0.2) is 27.7 Å².